The van der Waals surface area contributed by atoms with Gasteiger partial charge in [0.2, 0.25) is 5.91 Å². The molecule has 0 bridgehead atoms. The van der Waals surface area contributed by atoms with E-state index in [0.29, 0.717) is 64.6 Å². The van der Waals surface area contributed by atoms with E-state index in [4.69, 9.17) is 9.72 Å². The van der Waals surface area contributed by atoms with Gasteiger partial charge in [-0.25, -0.2) is 4.98 Å². The average molecular weight is 459 g/mol. The van der Waals surface area contributed by atoms with E-state index in [1.807, 2.05) is 52.3 Å². The number of ether oxygens (including phenoxy) is 1. The Morgan fingerprint density at radius 1 is 0.882 bits per heavy atom. The summed E-state index contributed by atoms with van der Waals surface area (Å²) in [6.45, 7) is 7.59. The number of pyridine rings is 1. The van der Waals surface area contributed by atoms with E-state index in [0.717, 1.165) is 22.2 Å². The highest BCUT2D eigenvalue weighted by Crippen LogP contribution is 2.26. The molecule has 2 aliphatic rings. The first-order chi connectivity index (χ1) is 16.6. The van der Waals surface area contributed by atoms with Crippen molar-refractivity contribution in [3.8, 4) is 11.3 Å². The maximum atomic E-state index is 13.6. The molecule has 176 valence electrons. The fourth-order valence-electron chi connectivity index (χ4n) is 4.61. The SMILES string of the molecule is Cc1ccc(-c2cc(C(=O)N3CCN(CC(=O)N4CCOCC4)CC3)c3ccccc3n2)cc1. The van der Waals surface area contributed by atoms with Crippen LogP contribution in [0.1, 0.15) is 15.9 Å². The third kappa shape index (κ3) is 4.81. The molecule has 0 radical (unpaired) electrons. The van der Waals surface area contributed by atoms with Crippen LogP contribution in [-0.4, -0.2) is 90.5 Å². The average Bonchev–Trinajstić information content (AvgIpc) is 2.89. The van der Waals surface area contributed by atoms with E-state index < -0.39 is 0 Å². The molecule has 0 N–H and O–H groups in total. The number of rotatable bonds is 4. The van der Waals surface area contributed by atoms with Gasteiger partial charge in [-0.2, -0.15) is 0 Å². The van der Waals surface area contributed by atoms with Gasteiger partial charge in [0.15, 0.2) is 0 Å². The van der Waals surface area contributed by atoms with Gasteiger partial charge in [0.05, 0.1) is 36.5 Å². The molecule has 3 aromatic rings. The van der Waals surface area contributed by atoms with Crippen LogP contribution in [0.5, 0.6) is 0 Å². The van der Waals surface area contributed by atoms with Crippen LogP contribution >= 0.6 is 0 Å². The lowest BCUT2D eigenvalue weighted by atomic mass is 10.0. The molecule has 0 unspecified atom stereocenters. The van der Waals surface area contributed by atoms with Gasteiger partial charge in [-0.1, -0.05) is 48.0 Å². The molecule has 5 rings (SSSR count). The molecular weight excluding hydrogens is 428 g/mol. The summed E-state index contributed by atoms with van der Waals surface area (Å²) < 4.78 is 5.34. The van der Waals surface area contributed by atoms with Crippen LogP contribution < -0.4 is 0 Å². The van der Waals surface area contributed by atoms with Gasteiger partial charge in [-0.15, -0.1) is 0 Å². The van der Waals surface area contributed by atoms with Crippen molar-refractivity contribution in [3.63, 3.8) is 0 Å². The van der Waals surface area contributed by atoms with E-state index in [1.54, 1.807) is 0 Å². The van der Waals surface area contributed by atoms with Crippen LogP contribution in [0, 0.1) is 6.92 Å². The highest BCUT2D eigenvalue weighted by molar-refractivity contribution is 6.07. The Bertz CT molecular complexity index is 1180. The second-order valence-corrected chi connectivity index (χ2v) is 9.00. The summed E-state index contributed by atoms with van der Waals surface area (Å²) in [6, 6.07) is 18.0. The quantitative estimate of drug-likeness (QED) is 0.602. The van der Waals surface area contributed by atoms with Crippen molar-refractivity contribution in [3.05, 3.63) is 65.7 Å². The minimum absolute atomic E-state index is 0.0196. The first-order valence-electron chi connectivity index (χ1n) is 11.9. The third-order valence-electron chi connectivity index (χ3n) is 6.68. The maximum absolute atomic E-state index is 13.6. The van der Waals surface area contributed by atoms with Crippen molar-refractivity contribution in [2.45, 2.75) is 6.92 Å². The monoisotopic (exact) mass is 458 g/mol. The topological polar surface area (TPSA) is 66.0 Å². The molecule has 2 fully saturated rings. The number of morpholine rings is 1. The van der Waals surface area contributed by atoms with E-state index in [-0.39, 0.29) is 11.8 Å². The van der Waals surface area contributed by atoms with Crippen molar-refractivity contribution in [1.29, 1.82) is 0 Å². The van der Waals surface area contributed by atoms with E-state index in [2.05, 4.69) is 24.0 Å². The summed E-state index contributed by atoms with van der Waals surface area (Å²) in [5.74, 6) is 0.164. The van der Waals surface area contributed by atoms with Crippen molar-refractivity contribution >= 4 is 22.7 Å². The van der Waals surface area contributed by atoms with Crippen LogP contribution in [0.2, 0.25) is 0 Å². The molecule has 3 heterocycles. The number of nitrogens with zero attached hydrogens (tertiary/aromatic N) is 4. The Kier molecular flexibility index (Phi) is 6.56. The van der Waals surface area contributed by atoms with Crippen molar-refractivity contribution in [2.75, 3.05) is 59.0 Å². The lowest BCUT2D eigenvalue weighted by Crippen LogP contribution is -2.52. The van der Waals surface area contributed by atoms with Gasteiger partial charge < -0.3 is 14.5 Å². The molecule has 34 heavy (non-hydrogen) atoms. The second kappa shape index (κ2) is 9.91. The summed E-state index contributed by atoms with van der Waals surface area (Å²) in [4.78, 5) is 36.9. The maximum Gasteiger partial charge on any atom is 0.254 e. The predicted molar refractivity (Wildman–Crippen MR) is 132 cm³/mol. The van der Waals surface area contributed by atoms with Crippen molar-refractivity contribution in [1.82, 2.24) is 19.7 Å². The summed E-state index contributed by atoms with van der Waals surface area (Å²) in [5.41, 5.74) is 4.48. The largest absolute Gasteiger partial charge is 0.378 e. The Balaban J connectivity index is 1.31. The zero-order valence-corrected chi connectivity index (χ0v) is 19.6. The minimum Gasteiger partial charge on any atom is -0.378 e. The number of amides is 2. The lowest BCUT2D eigenvalue weighted by molar-refractivity contribution is -0.136. The molecule has 7 heteroatoms. The molecule has 1 aromatic heterocycles. The zero-order chi connectivity index (χ0) is 23.5. The van der Waals surface area contributed by atoms with E-state index >= 15 is 0 Å². The van der Waals surface area contributed by atoms with Crippen LogP contribution in [-0.2, 0) is 9.53 Å². The standard InChI is InChI=1S/C27H30N4O3/c1-20-6-8-21(9-7-20)25-18-23(22-4-2-3-5-24(22)28-25)27(33)31-12-10-29(11-13-31)19-26(32)30-14-16-34-17-15-30/h2-9,18H,10-17,19H2,1H3. The summed E-state index contributed by atoms with van der Waals surface area (Å²) in [7, 11) is 0. The fourth-order valence-corrected chi connectivity index (χ4v) is 4.61. The Labute approximate surface area is 199 Å². The first-order valence-corrected chi connectivity index (χ1v) is 11.9. The molecule has 0 aliphatic carbocycles. The number of benzene rings is 2. The molecule has 2 amide bonds. The molecule has 2 aliphatic heterocycles. The lowest BCUT2D eigenvalue weighted by Gasteiger charge is -2.36. The van der Waals surface area contributed by atoms with Gasteiger partial charge in [0.25, 0.3) is 5.91 Å². The summed E-state index contributed by atoms with van der Waals surface area (Å²) in [6.07, 6.45) is 0. The number of hydrogen-bond donors (Lipinski definition) is 0. The molecule has 0 atom stereocenters. The highest BCUT2D eigenvalue weighted by atomic mass is 16.5. The van der Waals surface area contributed by atoms with Crippen LogP contribution in [0.4, 0.5) is 0 Å². The third-order valence-corrected chi connectivity index (χ3v) is 6.68. The second-order valence-electron chi connectivity index (χ2n) is 9.00. The summed E-state index contributed by atoms with van der Waals surface area (Å²) >= 11 is 0. The number of aryl methyl sites for hydroxylation is 1. The predicted octanol–water partition coefficient (Wildman–Crippen LogP) is 2.83. The highest BCUT2D eigenvalue weighted by Gasteiger charge is 2.26. The Morgan fingerprint density at radius 3 is 2.32 bits per heavy atom. The van der Waals surface area contributed by atoms with Gasteiger partial charge >= 0.3 is 0 Å². The zero-order valence-electron chi connectivity index (χ0n) is 19.6. The van der Waals surface area contributed by atoms with Crippen molar-refractivity contribution < 1.29 is 14.3 Å². The molecule has 0 spiro atoms. The number of carbonyl (C=O) groups excluding carboxylic acids is 2. The van der Waals surface area contributed by atoms with Gasteiger partial charge in [0.1, 0.15) is 0 Å². The van der Waals surface area contributed by atoms with Crippen LogP contribution in [0.3, 0.4) is 0 Å². The van der Waals surface area contributed by atoms with E-state index in [1.165, 1.54) is 5.56 Å². The minimum atomic E-state index is 0.0196. The summed E-state index contributed by atoms with van der Waals surface area (Å²) in [5, 5.41) is 0.869. The number of para-hydroxylation sites is 1. The molecule has 7 nitrogen and oxygen atoms in total. The van der Waals surface area contributed by atoms with Crippen molar-refractivity contribution in [2.24, 2.45) is 0 Å². The van der Waals surface area contributed by atoms with Gasteiger partial charge in [0, 0.05) is 50.2 Å². The van der Waals surface area contributed by atoms with Crippen LogP contribution in [0.15, 0.2) is 54.6 Å². The number of hydrogen-bond acceptors (Lipinski definition) is 5. The molecule has 2 saturated heterocycles. The first kappa shape index (κ1) is 22.5. The fraction of sp³-hybridized carbons (Fsp3) is 0.370. The normalized spacial score (nSPS) is 17.2. The molecule has 0 saturated carbocycles. The Morgan fingerprint density at radius 2 is 1.59 bits per heavy atom. The Hall–Kier alpha value is -3.29. The number of piperazine rings is 1. The van der Waals surface area contributed by atoms with E-state index in [9.17, 15) is 9.59 Å². The number of aromatic nitrogens is 1. The van der Waals surface area contributed by atoms with Crippen LogP contribution in [0.25, 0.3) is 22.2 Å². The number of carbonyl (C=O) groups is 2. The smallest absolute Gasteiger partial charge is 0.254 e. The van der Waals surface area contributed by atoms with Gasteiger partial charge in [-0.3, -0.25) is 14.5 Å². The molecule has 2 aromatic carbocycles. The number of fused-ring (bicyclic) bond motifs is 1. The van der Waals surface area contributed by atoms with Gasteiger partial charge in [-0.05, 0) is 19.1 Å². The molecular formula is C27H30N4O3.